The third kappa shape index (κ3) is 5.97. The fourth-order valence-electron chi connectivity index (χ4n) is 0.865. The third-order valence-corrected chi connectivity index (χ3v) is 1.69. The van der Waals surface area contributed by atoms with Gasteiger partial charge < -0.3 is 14.8 Å². The Kier molecular flexibility index (Phi) is 5.16. The van der Waals surface area contributed by atoms with Crippen molar-refractivity contribution in [3.63, 3.8) is 0 Å². The third-order valence-electron chi connectivity index (χ3n) is 1.69. The molecule has 0 aromatic rings. The summed E-state index contributed by atoms with van der Waals surface area (Å²) < 4.78 is 10.1. The van der Waals surface area contributed by atoms with Crippen LogP contribution >= 0.6 is 0 Å². The van der Waals surface area contributed by atoms with Gasteiger partial charge in [-0.15, -0.1) is 6.42 Å². The molecule has 15 heavy (non-hydrogen) atoms. The van der Waals surface area contributed by atoms with Gasteiger partial charge in [0.25, 0.3) is 0 Å². The molecule has 4 nitrogen and oxygen atoms in total. The Hall–Kier alpha value is -1.21. The number of rotatable bonds is 3. The number of nitrogens with one attached hydrogen (secondary N) is 1. The van der Waals surface area contributed by atoms with Gasteiger partial charge in [0, 0.05) is 7.11 Å². The molecule has 0 unspecified atom stereocenters. The number of amides is 1. The van der Waals surface area contributed by atoms with E-state index in [0.717, 1.165) is 0 Å². The van der Waals surface area contributed by atoms with E-state index in [1.165, 1.54) is 7.11 Å². The van der Waals surface area contributed by atoms with Crippen molar-refractivity contribution in [1.82, 2.24) is 5.32 Å². The van der Waals surface area contributed by atoms with Gasteiger partial charge in [0.1, 0.15) is 11.6 Å². The Bertz CT molecular complexity index is 250. The zero-order valence-electron chi connectivity index (χ0n) is 9.96. The van der Waals surface area contributed by atoms with Crippen molar-refractivity contribution in [2.45, 2.75) is 45.4 Å². The van der Waals surface area contributed by atoms with Crippen LogP contribution in [0.5, 0.6) is 0 Å². The fraction of sp³-hybridized carbons (Fsp3) is 0.727. The maximum Gasteiger partial charge on any atom is 0.408 e. The number of ether oxygens (including phenoxy) is 2. The van der Waals surface area contributed by atoms with E-state index in [1.807, 2.05) is 0 Å². The number of terminal acetylenes is 1. The van der Waals surface area contributed by atoms with Crippen LogP contribution in [0.4, 0.5) is 4.79 Å². The first-order valence-electron chi connectivity index (χ1n) is 4.78. The standard InChI is InChI=1S/C11H19NO3/c1-7-9(8(2)14-6)12-10(13)15-11(3,4)5/h1,8-9H,2-6H3,(H,12,13)/t8-,9-/m0/s1. The number of methoxy groups -OCH3 is 1. The minimum Gasteiger partial charge on any atom is -0.444 e. The van der Waals surface area contributed by atoms with Gasteiger partial charge in [-0.25, -0.2) is 4.79 Å². The van der Waals surface area contributed by atoms with Gasteiger partial charge in [-0.05, 0) is 27.7 Å². The largest absolute Gasteiger partial charge is 0.444 e. The molecule has 0 bridgehead atoms. The molecule has 1 N–H and O–H groups in total. The molecule has 0 aliphatic heterocycles. The zero-order valence-corrected chi connectivity index (χ0v) is 9.96. The van der Waals surface area contributed by atoms with Crippen LogP contribution in [-0.2, 0) is 9.47 Å². The average molecular weight is 213 g/mol. The molecular formula is C11H19NO3. The first-order chi connectivity index (χ1) is 6.80. The molecule has 0 heterocycles. The van der Waals surface area contributed by atoms with Crippen molar-refractivity contribution >= 4 is 6.09 Å². The topological polar surface area (TPSA) is 47.6 Å². The Morgan fingerprint density at radius 1 is 1.47 bits per heavy atom. The molecule has 0 aliphatic carbocycles. The van der Waals surface area contributed by atoms with E-state index in [9.17, 15) is 4.79 Å². The Balaban J connectivity index is 4.21. The molecule has 0 spiro atoms. The quantitative estimate of drug-likeness (QED) is 0.723. The predicted molar refractivity (Wildman–Crippen MR) is 58.5 cm³/mol. The molecule has 2 atom stereocenters. The summed E-state index contributed by atoms with van der Waals surface area (Å²) in [4.78, 5) is 11.4. The van der Waals surface area contributed by atoms with Crippen LogP contribution in [0.2, 0.25) is 0 Å². The van der Waals surface area contributed by atoms with Gasteiger partial charge in [-0.2, -0.15) is 0 Å². The lowest BCUT2D eigenvalue weighted by Crippen LogP contribution is -2.44. The van der Waals surface area contributed by atoms with E-state index in [-0.39, 0.29) is 6.10 Å². The van der Waals surface area contributed by atoms with Crippen molar-refractivity contribution in [1.29, 1.82) is 0 Å². The molecule has 0 saturated heterocycles. The lowest BCUT2D eigenvalue weighted by atomic mass is 10.2. The number of alkyl carbamates (subject to hydrolysis) is 1. The van der Waals surface area contributed by atoms with E-state index in [0.29, 0.717) is 0 Å². The Morgan fingerprint density at radius 3 is 2.33 bits per heavy atom. The smallest absolute Gasteiger partial charge is 0.408 e. The summed E-state index contributed by atoms with van der Waals surface area (Å²) in [5.74, 6) is 2.43. The van der Waals surface area contributed by atoms with Gasteiger partial charge in [0.05, 0.1) is 6.10 Å². The van der Waals surface area contributed by atoms with Gasteiger partial charge >= 0.3 is 6.09 Å². The molecule has 0 radical (unpaired) electrons. The van der Waals surface area contributed by atoms with Crippen LogP contribution in [0, 0.1) is 12.3 Å². The second kappa shape index (κ2) is 5.62. The predicted octanol–water partition coefficient (Wildman–Crippen LogP) is 1.55. The van der Waals surface area contributed by atoms with Crippen molar-refractivity contribution in [2.75, 3.05) is 7.11 Å². The van der Waals surface area contributed by atoms with Crippen molar-refractivity contribution in [2.24, 2.45) is 0 Å². The summed E-state index contributed by atoms with van der Waals surface area (Å²) in [6, 6.07) is -0.482. The molecule has 1 amide bonds. The van der Waals surface area contributed by atoms with Gasteiger partial charge in [0.2, 0.25) is 0 Å². The highest BCUT2D eigenvalue weighted by molar-refractivity contribution is 5.68. The van der Waals surface area contributed by atoms with E-state index in [1.54, 1.807) is 27.7 Å². The summed E-state index contributed by atoms with van der Waals surface area (Å²) in [6.07, 6.45) is 4.48. The molecule has 0 aliphatic rings. The van der Waals surface area contributed by atoms with Gasteiger partial charge in [-0.1, -0.05) is 5.92 Å². The molecule has 0 fully saturated rings. The highest BCUT2D eigenvalue weighted by Gasteiger charge is 2.21. The summed E-state index contributed by atoms with van der Waals surface area (Å²) in [5, 5.41) is 2.55. The maximum atomic E-state index is 11.4. The minimum absolute atomic E-state index is 0.248. The second-order valence-electron chi connectivity index (χ2n) is 4.23. The number of carbonyl (C=O) groups is 1. The first kappa shape index (κ1) is 13.8. The molecule has 4 heteroatoms. The van der Waals surface area contributed by atoms with Crippen molar-refractivity contribution in [3.05, 3.63) is 0 Å². The monoisotopic (exact) mass is 213 g/mol. The van der Waals surface area contributed by atoms with Gasteiger partial charge in [0.15, 0.2) is 0 Å². The fourth-order valence-corrected chi connectivity index (χ4v) is 0.865. The van der Waals surface area contributed by atoms with Crippen LogP contribution in [-0.4, -0.2) is 30.9 Å². The highest BCUT2D eigenvalue weighted by atomic mass is 16.6. The van der Waals surface area contributed by atoms with Crippen LogP contribution in [0.3, 0.4) is 0 Å². The second-order valence-corrected chi connectivity index (χ2v) is 4.23. The average Bonchev–Trinajstić information content (AvgIpc) is 2.10. The normalized spacial score (nSPS) is 14.9. The molecule has 86 valence electrons. The lowest BCUT2D eigenvalue weighted by molar-refractivity contribution is 0.0428. The van der Waals surface area contributed by atoms with E-state index in [2.05, 4.69) is 11.2 Å². The molecule has 0 rings (SSSR count). The zero-order chi connectivity index (χ0) is 12.1. The summed E-state index contributed by atoms with van der Waals surface area (Å²) in [7, 11) is 1.53. The van der Waals surface area contributed by atoms with Crippen LogP contribution in [0.1, 0.15) is 27.7 Å². The summed E-state index contributed by atoms with van der Waals surface area (Å²) in [6.45, 7) is 7.15. The molecular weight excluding hydrogens is 194 g/mol. The van der Waals surface area contributed by atoms with Crippen molar-refractivity contribution < 1.29 is 14.3 Å². The molecule has 0 aromatic heterocycles. The SMILES string of the molecule is C#C[C@H](NC(=O)OC(C)(C)C)[C@H](C)OC. The van der Waals surface area contributed by atoms with Crippen LogP contribution < -0.4 is 5.32 Å². The lowest BCUT2D eigenvalue weighted by Gasteiger charge is -2.23. The number of hydrogen-bond donors (Lipinski definition) is 1. The van der Waals surface area contributed by atoms with Crippen LogP contribution in [0.25, 0.3) is 0 Å². The maximum absolute atomic E-state index is 11.4. The van der Waals surface area contributed by atoms with E-state index >= 15 is 0 Å². The van der Waals surface area contributed by atoms with E-state index < -0.39 is 17.7 Å². The minimum atomic E-state index is -0.533. The molecule has 0 aromatic carbocycles. The molecule has 0 saturated carbocycles. The Labute approximate surface area is 91.3 Å². The first-order valence-corrected chi connectivity index (χ1v) is 4.78. The highest BCUT2D eigenvalue weighted by Crippen LogP contribution is 2.07. The Morgan fingerprint density at radius 2 is 2.00 bits per heavy atom. The van der Waals surface area contributed by atoms with Crippen molar-refractivity contribution in [3.8, 4) is 12.3 Å². The summed E-state index contributed by atoms with van der Waals surface area (Å²) in [5.41, 5.74) is -0.528. The number of hydrogen-bond acceptors (Lipinski definition) is 3. The van der Waals surface area contributed by atoms with Gasteiger partial charge in [-0.3, -0.25) is 0 Å². The van der Waals surface area contributed by atoms with E-state index in [4.69, 9.17) is 15.9 Å². The van der Waals surface area contributed by atoms with Crippen LogP contribution in [0.15, 0.2) is 0 Å². The summed E-state index contributed by atoms with van der Waals surface area (Å²) >= 11 is 0. The number of carbonyl (C=O) groups excluding carboxylic acids is 1.